The van der Waals surface area contributed by atoms with Crippen molar-refractivity contribution in [2.24, 2.45) is 11.8 Å². The molecule has 4 aliphatic rings. The second kappa shape index (κ2) is 8.60. The summed E-state index contributed by atoms with van der Waals surface area (Å²) in [5.41, 5.74) is 0.939. The number of ether oxygens (including phenoxy) is 2. The van der Waals surface area contributed by atoms with Crippen LogP contribution in [-0.2, 0) is 20.6 Å². The number of imide groups is 1. The first kappa shape index (κ1) is 24.3. The SMILES string of the molecule is O=C(Nc1cccc(C(F)(F)F)c1)[C@@H]1[C@@H]2C(=O)N(c3ccc4c(c3)OCO4)C(=O)[C@H]2[C@H]2c3ccccc3C=CN12. The molecule has 7 rings (SSSR count). The maximum Gasteiger partial charge on any atom is 0.416 e. The van der Waals surface area contributed by atoms with Crippen LogP contribution in [0, 0.1) is 11.8 Å². The van der Waals surface area contributed by atoms with Gasteiger partial charge in [0.1, 0.15) is 6.04 Å². The van der Waals surface area contributed by atoms with Gasteiger partial charge in [0.2, 0.25) is 24.5 Å². The molecule has 40 heavy (non-hydrogen) atoms. The third-order valence-corrected chi connectivity index (χ3v) is 7.80. The molecule has 4 heterocycles. The molecule has 8 nitrogen and oxygen atoms in total. The Morgan fingerprint density at radius 1 is 0.900 bits per heavy atom. The Morgan fingerprint density at radius 2 is 1.68 bits per heavy atom. The van der Waals surface area contributed by atoms with Crippen LogP contribution in [0.3, 0.4) is 0 Å². The lowest BCUT2D eigenvalue weighted by atomic mass is 9.84. The van der Waals surface area contributed by atoms with E-state index in [1.165, 1.54) is 12.1 Å². The van der Waals surface area contributed by atoms with E-state index in [2.05, 4.69) is 5.32 Å². The summed E-state index contributed by atoms with van der Waals surface area (Å²) in [4.78, 5) is 44.4. The molecule has 4 atom stereocenters. The lowest BCUT2D eigenvalue weighted by Gasteiger charge is -2.35. The second-order valence-corrected chi connectivity index (χ2v) is 9.95. The van der Waals surface area contributed by atoms with Gasteiger partial charge in [-0.25, -0.2) is 4.90 Å². The number of nitrogens with one attached hydrogen (secondary N) is 1. The van der Waals surface area contributed by atoms with E-state index in [-0.39, 0.29) is 18.2 Å². The average molecular weight is 547 g/mol. The van der Waals surface area contributed by atoms with Crippen LogP contribution in [0.4, 0.5) is 24.5 Å². The van der Waals surface area contributed by atoms with Crippen molar-refractivity contribution in [1.82, 2.24) is 4.90 Å². The fraction of sp³-hybridized carbons (Fsp3) is 0.207. The van der Waals surface area contributed by atoms with E-state index in [9.17, 15) is 27.6 Å². The average Bonchev–Trinajstić information content (AvgIpc) is 3.61. The van der Waals surface area contributed by atoms with Crippen LogP contribution in [0.2, 0.25) is 0 Å². The van der Waals surface area contributed by atoms with E-state index in [1.54, 1.807) is 35.4 Å². The summed E-state index contributed by atoms with van der Waals surface area (Å²) in [6, 6.07) is 14.6. The molecule has 0 unspecified atom stereocenters. The Morgan fingerprint density at radius 3 is 2.50 bits per heavy atom. The van der Waals surface area contributed by atoms with Gasteiger partial charge in [0.05, 0.1) is 29.1 Å². The highest BCUT2D eigenvalue weighted by Crippen LogP contribution is 2.53. The van der Waals surface area contributed by atoms with Crippen molar-refractivity contribution in [3.63, 3.8) is 0 Å². The first-order valence-corrected chi connectivity index (χ1v) is 12.5. The lowest BCUT2D eigenvalue weighted by molar-refractivity contribution is -0.137. The van der Waals surface area contributed by atoms with Crippen molar-refractivity contribution in [1.29, 1.82) is 0 Å². The van der Waals surface area contributed by atoms with Gasteiger partial charge in [0.25, 0.3) is 0 Å². The molecule has 2 fully saturated rings. The van der Waals surface area contributed by atoms with E-state index in [4.69, 9.17) is 9.47 Å². The molecule has 0 radical (unpaired) electrons. The highest BCUT2D eigenvalue weighted by molar-refractivity contribution is 6.24. The Hall–Kier alpha value is -4.80. The molecule has 2 saturated heterocycles. The minimum Gasteiger partial charge on any atom is -0.454 e. The van der Waals surface area contributed by atoms with Crippen molar-refractivity contribution in [3.05, 3.63) is 89.6 Å². The summed E-state index contributed by atoms with van der Waals surface area (Å²) in [5.74, 6) is -2.83. The van der Waals surface area contributed by atoms with E-state index in [0.29, 0.717) is 11.5 Å². The predicted molar refractivity (Wildman–Crippen MR) is 136 cm³/mol. The van der Waals surface area contributed by atoms with Gasteiger partial charge in [-0.05, 0) is 47.5 Å². The Balaban J connectivity index is 1.29. The van der Waals surface area contributed by atoms with Gasteiger partial charge in [-0.1, -0.05) is 30.3 Å². The fourth-order valence-corrected chi connectivity index (χ4v) is 6.13. The smallest absolute Gasteiger partial charge is 0.416 e. The molecule has 0 bridgehead atoms. The number of anilines is 2. The Kier molecular flexibility index (Phi) is 5.22. The number of carbonyl (C=O) groups excluding carboxylic acids is 3. The Bertz CT molecular complexity index is 1620. The summed E-state index contributed by atoms with van der Waals surface area (Å²) in [6.07, 6.45) is -1.13. The van der Waals surface area contributed by atoms with Crippen molar-refractivity contribution >= 4 is 35.2 Å². The molecule has 0 saturated carbocycles. The number of hydrogen-bond donors (Lipinski definition) is 1. The van der Waals surface area contributed by atoms with Crippen LogP contribution < -0.4 is 19.7 Å². The van der Waals surface area contributed by atoms with Gasteiger partial charge >= 0.3 is 6.18 Å². The number of carbonyl (C=O) groups is 3. The Labute approximate surface area is 225 Å². The topological polar surface area (TPSA) is 88.2 Å². The van der Waals surface area contributed by atoms with Gasteiger partial charge in [-0.2, -0.15) is 13.2 Å². The molecule has 202 valence electrons. The molecule has 0 aliphatic carbocycles. The molecular weight excluding hydrogens is 527 g/mol. The first-order valence-electron chi connectivity index (χ1n) is 12.5. The van der Waals surface area contributed by atoms with E-state index in [0.717, 1.165) is 28.2 Å². The molecule has 3 aromatic carbocycles. The third-order valence-electron chi connectivity index (χ3n) is 7.80. The summed E-state index contributed by atoms with van der Waals surface area (Å²) in [5, 5.41) is 2.56. The van der Waals surface area contributed by atoms with Crippen molar-refractivity contribution < 1.29 is 37.0 Å². The largest absolute Gasteiger partial charge is 0.454 e. The van der Waals surface area contributed by atoms with E-state index < -0.39 is 53.4 Å². The number of rotatable bonds is 3. The van der Waals surface area contributed by atoms with E-state index in [1.807, 2.05) is 24.3 Å². The van der Waals surface area contributed by atoms with Crippen LogP contribution in [0.15, 0.2) is 72.9 Å². The molecule has 0 spiro atoms. The molecular formula is C29H20F3N3O5. The zero-order valence-electron chi connectivity index (χ0n) is 20.6. The van der Waals surface area contributed by atoms with Crippen LogP contribution in [-0.4, -0.2) is 35.5 Å². The number of nitrogens with zero attached hydrogens (tertiary/aromatic N) is 2. The van der Waals surface area contributed by atoms with Crippen molar-refractivity contribution in [2.45, 2.75) is 18.3 Å². The monoisotopic (exact) mass is 547 g/mol. The van der Waals surface area contributed by atoms with Crippen LogP contribution >= 0.6 is 0 Å². The zero-order valence-corrected chi connectivity index (χ0v) is 20.6. The van der Waals surface area contributed by atoms with Gasteiger partial charge in [-0.15, -0.1) is 0 Å². The fourth-order valence-electron chi connectivity index (χ4n) is 6.13. The van der Waals surface area contributed by atoms with Gasteiger partial charge < -0.3 is 19.7 Å². The highest BCUT2D eigenvalue weighted by atomic mass is 19.4. The molecule has 0 aromatic heterocycles. The van der Waals surface area contributed by atoms with Crippen molar-refractivity contribution in [2.75, 3.05) is 17.0 Å². The highest BCUT2D eigenvalue weighted by Gasteiger charge is 2.64. The number of halogens is 3. The summed E-state index contributed by atoms with van der Waals surface area (Å²) in [6.45, 7) is 0.0177. The van der Waals surface area contributed by atoms with Gasteiger partial charge in [0, 0.05) is 18.0 Å². The minimum absolute atomic E-state index is 0.0177. The molecule has 4 aliphatic heterocycles. The number of fused-ring (bicyclic) bond motifs is 6. The van der Waals surface area contributed by atoms with Crippen LogP contribution in [0.5, 0.6) is 11.5 Å². The number of alkyl halides is 3. The van der Waals surface area contributed by atoms with Crippen molar-refractivity contribution in [3.8, 4) is 11.5 Å². The first-order chi connectivity index (χ1) is 19.2. The molecule has 1 N–H and O–H groups in total. The quantitative estimate of drug-likeness (QED) is 0.483. The van der Waals surface area contributed by atoms with Gasteiger partial charge in [0.15, 0.2) is 11.5 Å². The molecule has 11 heteroatoms. The summed E-state index contributed by atoms with van der Waals surface area (Å²) >= 11 is 0. The van der Waals surface area contributed by atoms with Gasteiger partial charge in [-0.3, -0.25) is 14.4 Å². The maximum absolute atomic E-state index is 14.0. The standard InChI is InChI=1S/C29H20F3N3O5/c30-29(31,32)16-5-3-6-17(12-16)33-26(36)25-23-22(24-19-7-2-1-4-15(19)10-11-34(24)25)27(37)35(28(23)38)18-8-9-20-21(13-18)40-14-39-20/h1-13,22-25H,14H2,(H,33,36)/t22-,23-,24-,25+/m1/s1. The number of benzene rings is 3. The van der Waals surface area contributed by atoms with E-state index >= 15 is 0 Å². The minimum atomic E-state index is -4.59. The lowest BCUT2D eigenvalue weighted by Crippen LogP contribution is -2.46. The molecule has 3 amide bonds. The number of amides is 3. The normalized spacial score (nSPS) is 24.2. The van der Waals surface area contributed by atoms with Crippen LogP contribution in [0.25, 0.3) is 6.08 Å². The van der Waals surface area contributed by atoms with Crippen LogP contribution in [0.1, 0.15) is 22.7 Å². The summed E-state index contributed by atoms with van der Waals surface area (Å²) < 4.78 is 50.6. The zero-order chi connectivity index (χ0) is 27.8. The maximum atomic E-state index is 14.0. The predicted octanol–water partition coefficient (Wildman–Crippen LogP) is 4.59. The third kappa shape index (κ3) is 3.57. The summed E-state index contributed by atoms with van der Waals surface area (Å²) in [7, 11) is 0. The molecule has 3 aromatic rings. The number of hydrogen-bond acceptors (Lipinski definition) is 6. The second-order valence-electron chi connectivity index (χ2n) is 9.95.